The van der Waals surface area contributed by atoms with Crippen LogP contribution < -0.4 is 15.8 Å². The summed E-state index contributed by atoms with van der Waals surface area (Å²) in [5.41, 5.74) is 7.48. The van der Waals surface area contributed by atoms with Crippen molar-refractivity contribution in [2.75, 3.05) is 13.7 Å². The van der Waals surface area contributed by atoms with Crippen LogP contribution in [0.2, 0.25) is 0 Å². The van der Waals surface area contributed by atoms with E-state index in [1.165, 1.54) is 0 Å². The number of aromatic nitrogens is 1. The van der Waals surface area contributed by atoms with Crippen molar-refractivity contribution >= 4 is 5.91 Å². The second-order valence-corrected chi connectivity index (χ2v) is 4.59. The summed E-state index contributed by atoms with van der Waals surface area (Å²) in [6.07, 6.45) is 1.65. The highest BCUT2D eigenvalue weighted by molar-refractivity contribution is 5.83. The van der Waals surface area contributed by atoms with Crippen molar-refractivity contribution in [2.45, 2.75) is 12.5 Å². The minimum absolute atomic E-state index is 0.102. The van der Waals surface area contributed by atoms with Gasteiger partial charge >= 0.3 is 0 Å². The van der Waals surface area contributed by atoms with Crippen LogP contribution in [0.25, 0.3) is 0 Å². The molecule has 0 aliphatic rings. The maximum atomic E-state index is 12.3. The van der Waals surface area contributed by atoms with E-state index in [1.807, 2.05) is 42.5 Å². The van der Waals surface area contributed by atoms with E-state index in [2.05, 4.69) is 10.3 Å². The summed E-state index contributed by atoms with van der Waals surface area (Å²) < 4.78 is 5.16. The van der Waals surface area contributed by atoms with Crippen LogP contribution in [0.4, 0.5) is 0 Å². The maximum Gasteiger partial charge on any atom is 0.229 e. The van der Waals surface area contributed by atoms with Crippen LogP contribution in [0.5, 0.6) is 5.88 Å². The zero-order valence-electron chi connectivity index (χ0n) is 12.0. The number of nitrogens with zero attached hydrogens (tertiary/aromatic N) is 1. The van der Waals surface area contributed by atoms with E-state index in [4.69, 9.17) is 10.5 Å². The van der Waals surface area contributed by atoms with Gasteiger partial charge in [0.15, 0.2) is 0 Å². The highest BCUT2D eigenvalue weighted by Gasteiger charge is 2.18. The summed E-state index contributed by atoms with van der Waals surface area (Å²) in [5, 5.41) is 2.88. The molecular formula is C16H19N3O2. The lowest BCUT2D eigenvalue weighted by molar-refractivity contribution is -0.122. The molecule has 2 aromatic rings. The van der Waals surface area contributed by atoms with Crippen LogP contribution in [0.1, 0.15) is 17.0 Å². The van der Waals surface area contributed by atoms with E-state index < -0.39 is 0 Å². The Morgan fingerprint density at radius 2 is 2.05 bits per heavy atom. The summed E-state index contributed by atoms with van der Waals surface area (Å²) in [5.74, 6) is 0.0604. The third-order valence-corrected chi connectivity index (χ3v) is 3.25. The van der Waals surface area contributed by atoms with Gasteiger partial charge in [-0.1, -0.05) is 36.4 Å². The van der Waals surface area contributed by atoms with Crippen molar-refractivity contribution in [1.82, 2.24) is 10.3 Å². The molecule has 2 rings (SSSR count). The fourth-order valence-corrected chi connectivity index (χ4v) is 2.13. The Labute approximate surface area is 124 Å². The number of ether oxygens (including phenoxy) is 1. The Morgan fingerprint density at radius 1 is 1.29 bits per heavy atom. The van der Waals surface area contributed by atoms with Gasteiger partial charge in [-0.05, 0) is 11.6 Å². The Kier molecular flexibility index (Phi) is 5.29. The fourth-order valence-electron chi connectivity index (χ4n) is 2.13. The number of carbonyl (C=O) groups excluding carboxylic acids is 1. The molecule has 1 amide bonds. The number of nitrogens with one attached hydrogen (secondary N) is 1. The average Bonchev–Trinajstić information content (AvgIpc) is 2.55. The summed E-state index contributed by atoms with van der Waals surface area (Å²) in [7, 11) is 1.56. The Morgan fingerprint density at radius 3 is 2.71 bits per heavy atom. The van der Waals surface area contributed by atoms with E-state index >= 15 is 0 Å². The van der Waals surface area contributed by atoms with Crippen LogP contribution in [-0.4, -0.2) is 24.5 Å². The van der Waals surface area contributed by atoms with Crippen molar-refractivity contribution in [3.8, 4) is 5.88 Å². The number of nitrogens with two attached hydrogens (primary N) is 1. The van der Waals surface area contributed by atoms with E-state index in [9.17, 15) is 4.79 Å². The van der Waals surface area contributed by atoms with Crippen molar-refractivity contribution < 1.29 is 9.53 Å². The first-order chi connectivity index (χ1) is 10.3. The van der Waals surface area contributed by atoms with Crippen molar-refractivity contribution in [3.63, 3.8) is 0 Å². The lowest BCUT2D eigenvalue weighted by Gasteiger charge is -2.15. The molecule has 1 aromatic carbocycles. The molecule has 1 heterocycles. The zero-order chi connectivity index (χ0) is 15.1. The molecule has 5 nitrogen and oxygen atoms in total. The summed E-state index contributed by atoms with van der Waals surface area (Å²) in [4.78, 5) is 16.4. The maximum absolute atomic E-state index is 12.3. The topological polar surface area (TPSA) is 77.2 Å². The number of methoxy groups -OCH3 is 1. The van der Waals surface area contributed by atoms with E-state index in [-0.39, 0.29) is 18.4 Å². The Bertz CT molecular complexity index is 587. The van der Waals surface area contributed by atoms with E-state index in [1.54, 1.807) is 13.3 Å². The van der Waals surface area contributed by atoms with Gasteiger partial charge in [-0.15, -0.1) is 0 Å². The monoisotopic (exact) mass is 285 g/mol. The normalized spacial score (nSPS) is 11.7. The van der Waals surface area contributed by atoms with Gasteiger partial charge < -0.3 is 15.8 Å². The number of rotatable bonds is 6. The number of pyridine rings is 1. The minimum Gasteiger partial charge on any atom is -0.481 e. The summed E-state index contributed by atoms with van der Waals surface area (Å²) in [6, 6.07) is 13.2. The van der Waals surface area contributed by atoms with Crippen LogP contribution in [0.3, 0.4) is 0 Å². The third kappa shape index (κ3) is 3.79. The van der Waals surface area contributed by atoms with Gasteiger partial charge in [0, 0.05) is 24.8 Å². The minimum atomic E-state index is -0.353. The van der Waals surface area contributed by atoms with Gasteiger partial charge in [0.05, 0.1) is 13.0 Å². The molecule has 1 aromatic heterocycles. The lowest BCUT2D eigenvalue weighted by atomic mass is 9.98. The molecule has 1 atom stereocenters. The molecule has 0 aliphatic heterocycles. The standard InChI is InChI=1S/C16H19N3O2/c1-21-16-13(8-5-9-18-16)11-19-15(20)14(10-17)12-6-3-2-4-7-12/h2-9,14H,10-11,17H2,1H3,(H,19,20). The molecule has 0 saturated carbocycles. The molecule has 0 radical (unpaired) electrons. The first kappa shape index (κ1) is 15.0. The largest absolute Gasteiger partial charge is 0.481 e. The molecule has 0 spiro atoms. The van der Waals surface area contributed by atoms with Crippen LogP contribution >= 0.6 is 0 Å². The Balaban J connectivity index is 2.03. The second kappa shape index (κ2) is 7.40. The smallest absolute Gasteiger partial charge is 0.229 e. The van der Waals surface area contributed by atoms with Gasteiger partial charge in [0.1, 0.15) is 0 Å². The van der Waals surface area contributed by atoms with Crippen LogP contribution in [0, 0.1) is 0 Å². The molecule has 1 unspecified atom stereocenters. The molecule has 3 N–H and O–H groups in total. The third-order valence-electron chi connectivity index (χ3n) is 3.25. The SMILES string of the molecule is COc1ncccc1CNC(=O)C(CN)c1ccccc1. The number of hydrogen-bond acceptors (Lipinski definition) is 4. The predicted octanol–water partition coefficient (Wildman–Crippen LogP) is 1.45. The zero-order valence-corrected chi connectivity index (χ0v) is 12.0. The molecule has 0 bridgehead atoms. The number of benzene rings is 1. The summed E-state index contributed by atoms with van der Waals surface area (Å²) >= 11 is 0. The van der Waals surface area contributed by atoms with Gasteiger partial charge in [-0.3, -0.25) is 4.79 Å². The summed E-state index contributed by atoms with van der Waals surface area (Å²) in [6.45, 7) is 0.624. The van der Waals surface area contributed by atoms with E-state index in [0.29, 0.717) is 12.4 Å². The number of amides is 1. The number of carbonyl (C=O) groups is 1. The van der Waals surface area contributed by atoms with Gasteiger partial charge in [0.2, 0.25) is 11.8 Å². The molecule has 21 heavy (non-hydrogen) atoms. The lowest BCUT2D eigenvalue weighted by Crippen LogP contribution is -2.33. The second-order valence-electron chi connectivity index (χ2n) is 4.59. The Hall–Kier alpha value is -2.40. The first-order valence-corrected chi connectivity index (χ1v) is 6.77. The van der Waals surface area contributed by atoms with Gasteiger partial charge in [0.25, 0.3) is 0 Å². The van der Waals surface area contributed by atoms with Crippen LogP contribution in [0.15, 0.2) is 48.7 Å². The molecule has 0 aliphatic carbocycles. The van der Waals surface area contributed by atoms with E-state index in [0.717, 1.165) is 11.1 Å². The van der Waals surface area contributed by atoms with Crippen LogP contribution in [-0.2, 0) is 11.3 Å². The average molecular weight is 285 g/mol. The van der Waals surface area contributed by atoms with Crippen molar-refractivity contribution in [2.24, 2.45) is 5.73 Å². The molecule has 110 valence electrons. The highest BCUT2D eigenvalue weighted by atomic mass is 16.5. The molecule has 0 saturated heterocycles. The van der Waals surface area contributed by atoms with Crippen molar-refractivity contribution in [3.05, 3.63) is 59.8 Å². The van der Waals surface area contributed by atoms with Gasteiger partial charge in [-0.25, -0.2) is 4.98 Å². The van der Waals surface area contributed by atoms with Crippen molar-refractivity contribution in [1.29, 1.82) is 0 Å². The highest BCUT2D eigenvalue weighted by Crippen LogP contribution is 2.16. The van der Waals surface area contributed by atoms with Gasteiger partial charge in [-0.2, -0.15) is 0 Å². The molecule has 5 heteroatoms. The first-order valence-electron chi connectivity index (χ1n) is 6.77. The molecular weight excluding hydrogens is 266 g/mol. The fraction of sp³-hybridized carbons (Fsp3) is 0.250. The quantitative estimate of drug-likeness (QED) is 0.842. The predicted molar refractivity (Wildman–Crippen MR) is 80.9 cm³/mol. The number of hydrogen-bond donors (Lipinski definition) is 2. The molecule has 0 fully saturated rings.